The van der Waals surface area contributed by atoms with Crippen LogP contribution >= 0.6 is 0 Å². The van der Waals surface area contributed by atoms with Gasteiger partial charge >= 0.3 is 12.1 Å². The number of esters is 1. The van der Waals surface area contributed by atoms with Gasteiger partial charge in [-0.05, 0) is 46.5 Å². The van der Waals surface area contributed by atoms with Crippen molar-refractivity contribution in [3.8, 4) is 0 Å². The van der Waals surface area contributed by atoms with Crippen molar-refractivity contribution < 1.29 is 28.7 Å². The highest BCUT2D eigenvalue weighted by molar-refractivity contribution is 5.86. The van der Waals surface area contributed by atoms with Crippen molar-refractivity contribution >= 4 is 23.9 Å². The Hall–Kier alpha value is -2.32. The third-order valence-corrected chi connectivity index (χ3v) is 5.86. The number of rotatable bonds is 19. The fourth-order valence-electron chi connectivity index (χ4n) is 4.11. The Bertz CT molecular complexity index is 662. The molecule has 3 amide bonds. The lowest BCUT2D eigenvalue weighted by atomic mass is 9.99. The van der Waals surface area contributed by atoms with Crippen LogP contribution in [0.25, 0.3) is 0 Å². The second-order valence-corrected chi connectivity index (χ2v) is 10.4. The molecule has 0 aromatic rings. The maximum absolute atomic E-state index is 13.7. The Labute approximate surface area is 218 Å². The fourth-order valence-corrected chi connectivity index (χ4v) is 4.11. The topological polar surface area (TPSA) is 128 Å². The van der Waals surface area contributed by atoms with Crippen molar-refractivity contribution in [2.75, 3.05) is 13.7 Å². The minimum atomic E-state index is -0.888. The van der Waals surface area contributed by atoms with E-state index >= 15 is 0 Å². The molecule has 0 aliphatic carbocycles. The summed E-state index contributed by atoms with van der Waals surface area (Å²) in [6.45, 7) is 9.83. The van der Waals surface area contributed by atoms with E-state index in [4.69, 9.17) is 15.2 Å². The standard InChI is InChI=1S/C27H51N3O6/c1-7-9-10-11-12-13-14-16-21(20-23(28)31)30(19-8-2)25(33)22(17-15-18-24(32)35-6)29-26(34)36-27(3,4)5/h21-22H,7-20H2,1-6H3,(H2,28,31)(H,29,34)/t21-,22-/m0/s1. The zero-order valence-electron chi connectivity index (χ0n) is 23.5. The quantitative estimate of drug-likeness (QED) is 0.188. The lowest BCUT2D eigenvalue weighted by Crippen LogP contribution is -2.53. The highest BCUT2D eigenvalue weighted by atomic mass is 16.6. The van der Waals surface area contributed by atoms with Gasteiger partial charge in [-0.1, -0.05) is 58.8 Å². The molecule has 0 aromatic carbocycles. The van der Waals surface area contributed by atoms with Gasteiger partial charge < -0.3 is 25.4 Å². The summed E-state index contributed by atoms with van der Waals surface area (Å²) in [6, 6.07) is -1.23. The maximum Gasteiger partial charge on any atom is 0.408 e. The van der Waals surface area contributed by atoms with Gasteiger partial charge in [0.2, 0.25) is 11.8 Å². The molecular formula is C27H51N3O6. The predicted octanol–water partition coefficient (Wildman–Crippen LogP) is 4.85. The van der Waals surface area contributed by atoms with E-state index < -0.39 is 23.6 Å². The van der Waals surface area contributed by atoms with Crippen LogP contribution in [-0.4, -0.2) is 60.1 Å². The summed E-state index contributed by atoms with van der Waals surface area (Å²) < 4.78 is 10.1. The summed E-state index contributed by atoms with van der Waals surface area (Å²) in [7, 11) is 1.31. The van der Waals surface area contributed by atoms with E-state index in [0.29, 0.717) is 25.8 Å². The molecule has 2 atom stereocenters. The van der Waals surface area contributed by atoms with E-state index in [2.05, 4.69) is 12.2 Å². The molecule has 9 nitrogen and oxygen atoms in total. The Balaban J connectivity index is 5.50. The van der Waals surface area contributed by atoms with Crippen LogP contribution in [0.5, 0.6) is 0 Å². The molecule has 9 heteroatoms. The van der Waals surface area contributed by atoms with Crippen LogP contribution in [0, 0.1) is 0 Å². The maximum atomic E-state index is 13.7. The van der Waals surface area contributed by atoms with E-state index in [1.165, 1.54) is 32.8 Å². The third-order valence-electron chi connectivity index (χ3n) is 5.86. The number of unbranched alkanes of at least 4 members (excludes halogenated alkanes) is 6. The second-order valence-electron chi connectivity index (χ2n) is 10.4. The lowest BCUT2D eigenvalue weighted by molar-refractivity contribution is -0.141. The van der Waals surface area contributed by atoms with Gasteiger partial charge in [0, 0.05) is 25.4 Å². The molecule has 0 bridgehead atoms. The first kappa shape index (κ1) is 33.7. The highest BCUT2D eigenvalue weighted by Crippen LogP contribution is 2.19. The Morgan fingerprint density at radius 1 is 0.889 bits per heavy atom. The van der Waals surface area contributed by atoms with Crippen molar-refractivity contribution in [3.05, 3.63) is 0 Å². The lowest BCUT2D eigenvalue weighted by Gasteiger charge is -2.34. The van der Waals surface area contributed by atoms with Gasteiger partial charge in [-0.25, -0.2) is 4.79 Å². The molecule has 0 aliphatic rings. The summed E-state index contributed by atoms with van der Waals surface area (Å²) in [5, 5.41) is 2.69. The van der Waals surface area contributed by atoms with Crippen LogP contribution in [0.4, 0.5) is 4.79 Å². The van der Waals surface area contributed by atoms with Crippen LogP contribution in [0.1, 0.15) is 118 Å². The SMILES string of the molecule is CCCCCCCCC[C@@H](CC(N)=O)N(CCC)C(=O)[C@H](CCCC(=O)OC)NC(=O)OC(C)(C)C. The Morgan fingerprint density at radius 3 is 2.03 bits per heavy atom. The minimum Gasteiger partial charge on any atom is -0.469 e. The molecule has 0 radical (unpaired) electrons. The first-order chi connectivity index (χ1) is 16.9. The van der Waals surface area contributed by atoms with E-state index in [1.807, 2.05) is 6.92 Å². The summed E-state index contributed by atoms with van der Waals surface area (Å²) in [5.41, 5.74) is 4.83. The van der Waals surface area contributed by atoms with Crippen molar-refractivity contribution in [2.45, 2.75) is 136 Å². The van der Waals surface area contributed by atoms with Crippen molar-refractivity contribution in [1.82, 2.24) is 10.2 Å². The summed E-state index contributed by atoms with van der Waals surface area (Å²) >= 11 is 0. The molecule has 0 heterocycles. The van der Waals surface area contributed by atoms with Gasteiger partial charge in [-0.2, -0.15) is 0 Å². The van der Waals surface area contributed by atoms with Crippen LogP contribution in [0.15, 0.2) is 0 Å². The largest absolute Gasteiger partial charge is 0.469 e. The fraction of sp³-hybridized carbons (Fsp3) is 0.852. The molecule has 0 aromatic heterocycles. The van der Waals surface area contributed by atoms with Crippen LogP contribution < -0.4 is 11.1 Å². The van der Waals surface area contributed by atoms with E-state index in [-0.39, 0.29) is 37.2 Å². The first-order valence-electron chi connectivity index (χ1n) is 13.6. The average molecular weight is 514 g/mol. The molecule has 0 rings (SSSR count). The predicted molar refractivity (Wildman–Crippen MR) is 141 cm³/mol. The number of hydrogen-bond acceptors (Lipinski definition) is 6. The number of amides is 3. The highest BCUT2D eigenvalue weighted by Gasteiger charge is 2.32. The molecule has 0 unspecified atom stereocenters. The molecule has 0 fully saturated rings. The van der Waals surface area contributed by atoms with Crippen molar-refractivity contribution in [1.29, 1.82) is 0 Å². The van der Waals surface area contributed by atoms with Gasteiger partial charge in [-0.15, -0.1) is 0 Å². The average Bonchev–Trinajstić information content (AvgIpc) is 2.78. The van der Waals surface area contributed by atoms with Crippen molar-refractivity contribution in [2.24, 2.45) is 5.73 Å². The molecule has 0 aliphatic heterocycles. The number of carbonyl (C=O) groups is 4. The van der Waals surface area contributed by atoms with Gasteiger partial charge in [0.1, 0.15) is 11.6 Å². The summed E-state index contributed by atoms with van der Waals surface area (Å²) in [4.78, 5) is 51.3. The van der Waals surface area contributed by atoms with Gasteiger partial charge in [-0.3, -0.25) is 14.4 Å². The number of nitrogens with one attached hydrogen (secondary N) is 1. The summed E-state index contributed by atoms with van der Waals surface area (Å²) in [5.74, 6) is -1.13. The van der Waals surface area contributed by atoms with E-state index in [1.54, 1.807) is 25.7 Å². The zero-order chi connectivity index (χ0) is 27.6. The zero-order valence-corrected chi connectivity index (χ0v) is 23.5. The second kappa shape index (κ2) is 18.9. The van der Waals surface area contributed by atoms with Gasteiger partial charge in [0.05, 0.1) is 7.11 Å². The van der Waals surface area contributed by atoms with Gasteiger partial charge in [0.25, 0.3) is 0 Å². The van der Waals surface area contributed by atoms with Gasteiger partial charge in [0.15, 0.2) is 0 Å². The van der Waals surface area contributed by atoms with Crippen molar-refractivity contribution in [3.63, 3.8) is 0 Å². The Kier molecular flexibility index (Phi) is 17.7. The van der Waals surface area contributed by atoms with E-state index in [9.17, 15) is 19.2 Å². The Morgan fingerprint density at radius 2 is 1.50 bits per heavy atom. The molecule has 210 valence electrons. The normalized spacial score (nSPS) is 12.9. The van der Waals surface area contributed by atoms with Crippen LogP contribution in [0.2, 0.25) is 0 Å². The molecule has 0 saturated heterocycles. The number of methoxy groups -OCH3 is 1. The summed E-state index contributed by atoms with van der Waals surface area (Å²) in [6.07, 6.45) is 9.38. The number of alkyl carbamates (subject to hydrolysis) is 1. The van der Waals surface area contributed by atoms with E-state index in [0.717, 1.165) is 19.3 Å². The number of primary amides is 1. The molecule has 0 saturated carbocycles. The molecular weight excluding hydrogens is 462 g/mol. The third kappa shape index (κ3) is 16.4. The number of carbonyl (C=O) groups excluding carboxylic acids is 4. The monoisotopic (exact) mass is 513 g/mol. The molecule has 0 spiro atoms. The number of nitrogens with two attached hydrogens (primary N) is 1. The van der Waals surface area contributed by atoms with Crippen LogP contribution in [0.3, 0.4) is 0 Å². The first-order valence-corrected chi connectivity index (χ1v) is 13.6. The smallest absolute Gasteiger partial charge is 0.408 e. The molecule has 36 heavy (non-hydrogen) atoms. The number of ether oxygens (including phenoxy) is 2. The number of hydrogen-bond donors (Lipinski definition) is 2. The molecule has 3 N–H and O–H groups in total. The van der Waals surface area contributed by atoms with Crippen LogP contribution in [-0.2, 0) is 23.9 Å². The number of nitrogens with zero attached hydrogens (tertiary/aromatic N) is 1. The minimum absolute atomic E-state index is 0.0723.